The molecule has 130 valence electrons. The summed E-state index contributed by atoms with van der Waals surface area (Å²) in [5.74, 6) is 2.66. The monoisotopic (exact) mass is 338 g/mol. The van der Waals surface area contributed by atoms with Gasteiger partial charge in [-0.3, -0.25) is 4.68 Å². The Kier molecular flexibility index (Phi) is 3.91. The van der Waals surface area contributed by atoms with Gasteiger partial charge in [0.25, 0.3) is 0 Å². The van der Waals surface area contributed by atoms with Gasteiger partial charge in [0.05, 0.1) is 18.7 Å². The lowest BCUT2D eigenvalue weighted by Crippen LogP contribution is -2.47. The molecule has 0 spiro atoms. The number of piperazine rings is 1. The fraction of sp³-hybridized carbons (Fsp3) is 0.389. The van der Waals surface area contributed by atoms with Crippen LogP contribution in [0.25, 0.3) is 11.0 Å². The van der Waals surface area contributed by atoms with Gasteiger partial charge in [0.2, 0.25) is 0 Å². The van der Waals surface area contributed by atoms with E-state index in [0.29, 0.717) is 0 Å². The summed E-state index contributed by atoms with van der Waals surface area (Å²) >= 11 is 0. The molecule has 3 aromatic rings. The first-order valence-corrected chi connectivity index (χ1v) is 8.46. The highest BCUT2D eigenvalue weighted by Crippen LogP contribution is 2.26. The zero-order valence-electron chi connectivity index (χ0n) is 14.8. The van der Waals surface area contributed by atoms with Crippen molar-refractivity contribution in [3.8, 4) is 5.75 Å². The second-order valence-corrected chi connectivity index (χ2v) is 6.27. The largest absolute Gasteiger partial charge is 0.497 e. The number of ether oxygens (including phenoxy) is 1. The van der Waals surface area contributed by atoms with E-state index in [0.717, 1.165) is 54.6 Å². The molecule has 0 aliphatic carbocycles. The van der Waals surface area contributed by atoms with E-state index >= 15 is 0 Å². The van der Waals surface area contributed by atoms with E-state index in [4.69, 9.17) is 4.74 Å². The van der Waals surface area contributed by atoms with Crippen LogP contribution in [0, 0.1) is 6.92 Å². The highest BCUT2D eigenvalue weighted by Gasteiger charge is 2.21. The van der Waals surface area contributed by atoms with Gasteiger partial charge in [0, 0.05) is 38.9 Å². The third kappa shape index (κ3) is 2.86. The van der Waals surface area contributed by atoms with Gasteiger partial charge in [-0.05, 0) is 31.2 Å². The Morgan fingerprint density at radius 1 is 0.960 bits per heavy atom. The van der Waals surface area contributed by atoms with Crippen molar-refractivity contribution in [2.45, 2.75) is 6.92 Å². The van der Waals surface area contributed by atoms with Gasteiger partial charge in [-0.15, -0.1) is 0 Å². The molecule has 3 heterocycles. The molecule has 0 bridgehead atoms. The molecule has 0 atom stereocenters. The zero-order chi connectivity index (χ0) is 17.4. The second-order valence-electron chi connectivity index (χ2n) is 6.27. The van der Waals surface area contributed by atoms with E-state index < -0.39 is 0 Å². The lowest BCUT2D eigenvalue weighted by Gasteiger charge is -2.37. The molecule has 7 nitrogen and oxygen atoms in total. The summed E-state index contributed by atoms with van der Waals surface area (Å²) < 4.78 is 7.04. The number of aromatic nitrogens is 4. The Hall–Kier alpha value is -2.83. The van der Waals surface area contributed by atoms with Crippen molar-refractivity contribution in [3.63, 3.8) is 0 Å². The highest BCUT2D eigenvalue weighted by molar-refractivity contribution is 5.87. The highest BCUT2D eigenvalue weighted by atomic mass is 16.5. The van der Waals surface area contributed by atoms with Crippen molar-refractivity contribution in [1.82, 2.24) is 19.7 Å². The van der Waals surface area contributed by atoms with Gasteiger partial charge >= 0.3 is 0 Å². The number of hydrogen-bond donors (Lipinski definition) is 0. The SMILES string of the molecule is COc1ccc(N2CCN(c3nc(C)nc4c3cnn4C)CC2)cc1. The molecule has 0 N–H and O–H groups in total. The van der Waals surface area contributed by atoms with Crippen LogP contribution in [-0.4, -0.2) is 53.0 Å². The Labute approximate surface area is 146 Å². The summed E-state index contributed by atoms with van der Waals surface area (Å²) in [5, 5.41) is 5.36. The average molecular weight is 338 g/mol. The zero-order valence-corrected chi connectivity index (χ0v) is 14.8. The molecule has 0 amide bonds. The second kappa shape index (κ2) is 6.23. The van der Waals surface area contributed by atoms with E-state index in [9.17, 15) is 0 Å². The van der Waals surface area contributed by atoms with Crippen molar-refractivity contribution in [2.24, 2.45) is 7.05 Å². The van der Waals surface area contributed by atoms with Crippen LogP contribution in [0.2, 0.25) is 0 Å². The molecule has 1 aromatic carbocycles. The molecule has 0 saturated carbocycles. The molecule has 0 unspecified atom stereocenters. The minimum atomic E-state index is 0.781. The first kappa shape index (κ1) is 15.7. The van der Waals surface area contributed by atoms with Gasteiger partial charge in [0.1, 0.15) is 17.4 Å². The van der Waals surface area contributed by atoms with Crippen LogP contribution < -0.4 is 14.5 Å². The minimum Gasteiger partial charge on any atom is -0.497 e. The number of aryl methyl sites for hydroxylation is 2. The summed E-state index contributed by atoms with van der Waals surface area (Å²) in [7, 11) is 3.61. The number of fused-ring (bicyclic) bond motifs is 1. The predicted molar refractivity (Wildman–Crippen MR) is 98.5 cm³/mol. The van der Waals surface area contributed by atoms with Crippen molar-refractivity contribution in [1.29, 1.82) is 0 Å². The van der Waals surface area contributed by atoms with Gasteiger partial charge < -0.3 is 14.5 Å². The Bertz CT molecular complexity index is 880. The number of anilines is 2. The third-order valence-corrected chi connectivity index (χ3v) is 4.70. The van der Waals surface area contributed by atoms with Crippen LogP contribution in [0.4, 0.5) is 11.5 Å². The average Bonchev–Trinajstić information content (AvgIpc) is 3.02. The van der Waals surface area contributed by atoms with E-state index in [2.05, 4.69) is 37.0 Å². The number of rotatable bonds is 3. The van der Waals surface area contributed by atoms with Crippen molar-refractivity contribution in [3.05, 3.63) is 36.3 Å². The van der Waals surface area contributed by atoms with E-state index in [1.807, 2.05) is 32.3 Å². The van der Waals surface area contributed by atoms with E-state index in [-0.39, 0.29) is 0 Å². The first-order chi connectivity index (χ1) is 12.2. The summed E-state index contributed by atoms with van der Waals surface area (Å²) in [5.41, 5.74) is 2.12. The Morgan fingerprint density at radius 2 is 1.64 bits per heavy atom. The first-order valence-electron chi connectivity index (χ1n) is 8.46. The number of methoxy groups -OCH3 is 1. The van der Waals surface area contributed by atoms with Crippen molar-refractivity contribution in [2.75, 3.05) is 43.1 Å². The topological polar surface area (TPSA) is 59.3 Å². The Balaban J connectivity index is 1.54. The molecule has 1 aliphatic rings. The normalized spacial score (nSPS) is 15.0. The van der Waals surface area contributed by atoms with Crippen LogP contribution in [0.15, 0.2) is 30.5 Å². The maximum absolute atomic E-state index is 5.24. The molecule has 0 radical (unpaired) electrons. The lowest BCUT2D eigenvalue weighted by atomic mass is 10.2. The maximum Gasteiger partial charge on any atom is 0.163 e. The standard InChI is InChI=1S/C18H22N6O/c1-13-20-17-16(12-19-22(17)2)18(21-13)24-10-8-23(9-11-24)14-4-6-15(25-3)7-5-14/h4-7,12H,8-11H2,1-3H3. The third-order valence-electron chi connectivity index (χ3n) is 4.70. The van der Waals surface area contributed by atoms with Gasteiger partial charge in [-0.1, -0.05) is 0 Å². The molecule has 4 rings (SSSR count). The molecular weight excluding hydrogens is 316 g/mol. The maximum atomic E-state index is 5.24. The van der Waals surface area contributed by atoms with Crippen LogP contribution in [0.3, 0.4) is 0 Å². The fourth-order valence-electron chi connectivity index (χ4n) is 3.32. The van der Waals surface area contributed by atoms with Gasteiger partial charge in [-0.2, -0.15) is 5.10 Å². The summed E-state index contributed by atoms with van der Waals surface area (Å²) in [4.78, 5) is 13.9. The van der Waals surface area contributed by atoms with E-state index in [1.54, 1.807) is 11.8 Å². The van der Waals surface area contributed by atoms with Crippen molar-refractivity contribution < 1.29 is 4.74 Å². The summed E-state index contributed by atoms with van der Waals surface area (Å²) in [6, 6.07) is 8.24. The molecule has 1 aliphatic heterocycles. The van der Waals surface area contributed by atoms with Crippen LogP contribution >= 0.6 is 0 Å². The number of hydrogen-bond acceptors (Lipinski definition) is 6. The number of nitrogens with zero attached hydrogens (tertiary/aromatic N) is 6. The van der Waals surface area contributed by atoms with Crippen LogP contribution in [0.5, 0.6) is 5.75 Å². The molecule has 7 heteroatoms. The molecule has 1 fully saturated rings. The predicted octanol–water partition coefficient (Wildman–Crippen LogP) is 2.01. The lowest BCUT2D eigenvalue weighted by molar-refractivity contribution is 0.415. The summed E-state index contributed by atoms with van der Waals surface area (Å²) in [6.07, 6.45) is 1.86. The van der Waals surface area contributed by atoms with Crippen LogP contribution in [-0.2, 0) is 7.05 Å². The van der Waals surface area contributed by atoms with Crippen LogP contribution in [0.1, 0.15) is 5.82 Å². The molecule has 1 saturated heterocycles. The van der Waals surface area contributed by atoms with E-state index in [1.165, 1.54) is 5.69 Å². The quantitative estimate of drug-likeness (QED) is 0.728. The summed E-state index contributed by atoms with van der Waals surface area (Å²) in [6.45, 7) is 5.69. The van der Waals surface area contributed by atoms with Gasteiger partial charge in [0.15, 0.2) is 5.65 Å². The molecule has 25 heavy (non-hydrogen) atoms. The fourth-order valence-corrected chi connectivity index (χ4v) is 3.32. The Morgan fingerprint density at radius 3 is 2.32 bits per heavy atom. The van der Waals surface area contributed by atoms with Crippen molar-refractivity contribution >= 4 is 22.5 Å². The molecule has 2 aromatic heterocycles. The molecular formula is C18H22N6O. The smallest absolute Gasteiger partial charge is 0.163 e. The minimum absolute atomic E-state index is 0.781. The van der Waals surface area contributed by atoms with Gasteiger partial charge in [-0.25, -0.2) is 9.97 Å². The number of benzene rings is 1.